The Kier molecular flexibility index (Phi) is 3.56. The molecule has 70 valence electrons. The molecule has 0 heterocycles. The standard InChI is InChI=1S/C12H16O/c1-3-4-7-10(2)11-8-5-6-9-12(11)13/h5-9,13H,3-4H2,1-2H3. The van der Waals surface area contributed by atoms with Gasteiger partial charge in [0.1, 0.15) is 5.75 Å². The van der Waals surface area contributed by atoms with Crippen molar-refractivity contribution in [2.24, 2.45) is 0 Å². The molecule has 0 bridgehead atoms. The predicted octanol–water partition coefficient (Wildman–Crippen LogP) is 3.60. The fourth-order valence-electron chi connectivity index (χ4n) is 1.28. The largest absolute Gasteiger partial charge is 0.507 e. The van der Waals surface area contributed by atoms with Crippen molar-refractivity contribution < 1.29 is 5.11 Å². The molecule has 0 saturated carbocycles. The van der Waals surface area contributed by atoms with Gasteiger partial charge in [-0.1, -0.05) is 37.6 Å². The number of aromatic hydroxyl groups is 1. The summed E-state index contributed by atoms with van der Waals surface area (Å²) in [6, 6.07) is 7.44. The van der Waals surface area contributed by atoms with E-state index in [1.165, 1.54) is 0 Å². The van der Waals surface area contributed by atoms with Gasteiger partial charge in [0.15, 0.2) is 0 Å². The van der Waals surface area contributed by atoms with E-state index in [1.807, 2.05) is 25.1 Å². The minimum absolute atomic E-state index is 0.368. The Morgan fingerprint density at radius 3 is 2.69 bits per heavy atom. The summed E-state index contributed by atoms with van der Waals surface area (Å²) in [4.78, 5) is 0. The summed E-state index contributed by atoms with van der Waals surface area (Å²) in [5, 5.41) is 9.54. The number of hydrogen-bond donors (Lipinski definition) is 1. The van der Waals surface area contributed by atoms with Crippen LogP contribution >= 0.6 is 0 Å². The number of hydrogen-bond acceptors (Lipinski definition) is 1. The quantitative estimate of drug-likeness (QED) is 0.746. The number of phenols is 1. The Bertz CT molecular complexity index is 300. The molecule has 1 rings (SSSR count). The molecule has 0 aliphatic heterocycles. The van der Waals surface area contributed by atoms with E-state index < -0.39 is 0 Å². The van der Waals surface area contributed by atoms with Crippen LogP contribution in [0.15, 0.2) is 30.3 Å². The van der Waals surface area contributed by atoms with Gasteiger partial charge in [-0.25, -0.2) is 0 Å². The second-order valence-electron chi connectivity index (χ2n) is 3.19. The molecule has 0 atom stereocenters. The second-order valence-corrected chi connectivity index (χ2v) is 3.19. The Hall–Kier alpha value is -1.24. The molecule has 1 nitrogen and oxygen atoms in total. The first-order valence-electron chi connectivity index (χ1n) is 4.70. The molecule has 0 unspecified atom stereocenters. The van der Waals surface area contributed by atoms with Gasteiger partial charge in [-0.05, 0) is 25.0 Å². The molecular formula is C12H16O. The summed E-state index contributed by atoms with van der Waals surface area (Å²) in [7, 11) is 0. The Balaban J connectivity index is 2.88. The van der Waals surface area contributed by atoms with Gasteiger partial charge in [-0.15, -0.1) is 0 Å². The first-order valence-corrected chi connectivity index (χ1v) is 4.70. The lowest BCUT2D eigenvalue weighted by Crippen LogP contribution is -1.80. The van der Waals surface area contributed by atoms with Crippen molar-refractivity contribution in [3.8, 4) is 5.75 Å². The zero-order valence-corrected chi connectivity index (χ0v) is 8.25. The first kappa shape index (κ1) is 9.85. The van der Waals surface area contributed by atoms with Gasteiger partial charge < -0.3 is 5.11 Å². The molecule has 0 aliphatic carbocycles. The SMILES string of the molecule is CCCC=C(C)c1ccccc1O. The molecule has 0 fully saturated rings. The highest BCUT2D eigenvalue weighted by Crippen LogP contribution is 2.24. The van der Waals surface area contributed by atoms with E-state index in [0.29, 0.717) is 5.75 Å². The fraction of sp³-hybridized carbons (Fsp3) is 0.333. The minimum Gasteiger partial charge on any atom is -0.507 e. The van der Waals surface area contributed by atoms with E-state index in [4.69, 9.17) is 0 Å². The summed E-state index contributed by atoms with van der Waals surface area (Å²) < 4.78 is 0. The lowest BCUT2D eigenvalue weighted by molar-refractivity contribution is 0.473. The minimum atomic E-state index is 0.368. The van der Waals surface area contributed by atoms with Crippen LogP contribution < -0.4 is 0 Å². The monoisotopic (exact) mass is 176 g/mol. The molecule has 0 amide bonds. The van der Waals surface area contributed by atoms with Crippen molar-refractivity contribution in [2.75, 3.05) is 0 Å². The van der Waals surface area contributed by atoms with E-state index in [0.717, 1.165) is 24.0 Å². The molecular weight excluding hydrogens is 160 g/mol. The molecule has 0 aliphatic rings. The van der Waals surface area contributed by atoms with Gasteiger partial charge in [0, 0.05) is 5.56 Å². The lowest BCUT2D eigenvalue weighted by Gasteiger charge is -2.03. The molecule has 1 aromatic carbocycles. The van der Waals surface area contributed by atoms with Crippen LogP contribution in [0.4, 0.5) is 0 Å². The highest BCUT2D eigenvalue weighted by Gasteiger charge is 1.99. The summed E-state index contributed by atoms with van der Waals surface area (Å²) in [6.45, 7) is 4.18. The van der Waals surface area contributed by atoms with Gasteiger partial charge in [-0.3, -0.25) is 0 Å². The van der Waals surface area contributed by atoms with Crippen molar-refractivity contribution in [3.05, 3.63) is 35.9 Å². The third-order valence-corrected chi connectivity index (χ3v) is 2.07. The number of rotatable bonds is 3. The number of benzene rings is 1. The number of phenolic OH excluding ortho intramolecular Hbond substituents is 1. The van der Waals surface area contributed by atoms with Crippen LogP contribution in [0.25, 0.3) is 5.57 Å². The molecule has 0 radical (unpaired) electrons. The summed E-state index contributed by atoms with van der Waals surface area (Å²) >= 11 is 0. The van der Waals surface area contributed by atoms with Crippen LogP contribution in [0.5, 0.6) is 5.75 Å². The Morgan fingerprint density at radius 1 is 1.38 bits per heavy atom. The average molecular weight is 176 g/mol. The Morgan fingerprint density at radius 2 is 2.08 bits per heavy atom. The summed E-state index contributed by atoms with van der Waals surface area (Å²) in [5.41, 5.74) is 2.09. The van der Waals surface area contributed by atoms with E-state index in [2.05, 4.69) is 13.0 Å². The van der Waals surface area contributed by atoms with E-state index >= 15 is 0 Å². The molecule has 13 heavy (non-hydrogen) atoms. The normalized spacial score (nSPS) is 11.7. The maximum atomic E-state index is 9.54. The van der Waals surface area contributed by atoms with Crippen molar-refractivity contribution in [3.63, 3.8) is 0 Å². The third kappa shape index (κ3) is 2.62. The molecule has 1 N–H and O–H groups in total. The van der Waals surface area contributed by atoms with Crippen molar-refractivity contribution in [1.82, 2.24) is 0 Å². The number of allylic oxidation sites excluding steroid dienone is 2. The average Bonchev–Trinajstić information content (AvgIpc) is 2.15. The van der Waals surface area contributed by atoms with Crippen LogP contribution in [0.2, 0.25) is 0 Å². The van der Waals surface area contributed by atoms with E-state index in [1.54, 1.807) is 6.07 Å². The highest BCUT2D eigenvalue weighted by atomic mass is 16.3. The predicted molar refractivity (Wildman–Crippen MR) is 56.7 cm³/mol. The second kappa shape index (κ2) is 4.70. The fourth-order valence-corrected chi connectivity index (χ4v) is 1.28. The maximum Gasteiger partial charge on any atom is 0.123 e. The van der Waals surface area contributed by atoms with E-state index in [9.17, 15) is 5.11 Å². The van der Waals surface area contributed by atoms with Crippen LogP contribution in [0.1, 0.15) is 32.3 Å². The Labute approximate surface area is 79.7 Å². The molecule has 0 saturated heterocycles. The van der Waals surface area contributed by atoms with Crippen LogP contribution in [0.3, 0.4) is 0 Å². The van der Waals surface area contributed by atoms with Gasteiger partial charge in [0.05, 0.1) is 0 Å². The lowest BCUT2D eigenvalue weighted by atomic mass is 10.1. The maximum absolute atomic E-state index is 9.54. The van der Waals surface area contributed by atoms with Gasteiger partial charge in [0.2, 0.25) is 0 Å². The first-order chi connectivity index (χ1) is 6.25. The highest BCUT2D eigenvalue weighted by molar-refractivity contribution is 5.68. The summed E-state index contributed by atoms with van der Waals surface area (Å²) in [6.07, 6.45) is 4.38. The van der Waals surface area contributed by atoms with Crippen LogP contribution in [0, 0.1) is 0 Å². The molecule has 1 heteroatoms. The van der Waals surface area contributed by atoms with Gasteiger partial charge >= 0.3 is 0 Å². The number of para-hydroxylation sites is 1. The molecule has 0 spiro atoms. The molecule has 1 aromatic rings. The van der Waals surface area contributed by atoms with Gasteiger partial charge in [-0.2, -0.15) is 0 Å². The van der Waals surface area contributed by atoms with E-state index in [-0.39, 0.29) is 0 Å². The van der Waals surface area contributed by atoms with Crippen molar-refractivity contribution in [1.29, 1.82) is 0 Å². The third-order valence-electron chi connectivity index (χ3n) is 2.07. The number of unbranched alkanes of at least 4 members (excludes halogenated alkanes) is 1. The topological polar surface area (TPSA) is 20.2 Å². The smallest absolute Gasteiger partial charge is 0.123 e. The zero-order chi connectivity index (χ0) is 9.68. The summed E-state index contributed by atoms with van der Waals surface area (Å²) in [5.74, 6) is 0.368. The van der Waals surface area contributed by atoms with Crippen molar-refractivity contribution in [2.45, 2.75) is 26.7 Å². The van der Waals surface area contributed by atoms with Crippen LogP contribution in [-0.2, 0) is 0 Å². The molecule has 0 aromatic heterocycles. The van der Waals surface area contributed by atoms with Gasteiger partial charge in [0.25, 0.3) is 0 Å². The van der Waals surface area contributed by atoms with Crippen LogP contribution in [-0.4, -0.2) is 5.11 Å². The van der Waals surface area contributed by atoms with Crippen molar-refractivity contribution >= 4 is 5.57 Å². The zero-order valence-electron chi connectivity index (χ0n) is 8.25.